The van der Waals surface area contributed by atoms with E-state index in [2.05, 4.69) is 27.7 Å². The normalized spacial score (nSPS) is 33.5. The highest BCUT2D eigenvalue weighted by atomic mass is 16.5. The van der Waals surface area contributed by atoms with Gasteiger partial charge in [-0.25, -0.2) is 0 Å². The summed E-state index contributed by atoms with van der Waals surface area (Å²) in [6.45, 7) is 11.3. The van der Waals surface area contributed by atoms with Gasteiger partial charge in [-0.15, -0.1) is 0 Å². The number of benzene rings is 1. The minimum absolute atomic E-state index is 0.115. The topological polar surface area (TPSA) is 119 Å². The van der Waals surface area contributed by atoms with Crippen molar-refractivity contribution in [2.24, 2.45) is 28.4 Å². The smallest absolute Gasteiger partial charge is 0.302 e. The second-order valence-corrected chi connectivity index (χ2v) is 12.6. The number of nitrogens with two attached hydrogens (primary N) is 1. The van der Waals surface area contributed by atoms with Gasteiger partial charge in [0.25, 0.3) is 5.91 Å². The molecule has 37 heavy (non-hydrogen) atoms. The lowest BCUT2D eigenvalue weighted by atomic mass is 9.43. The second-order valence-electron chi connectivity index (χ2n) is 12.6. The van der Waals surface area contributed by atoms with Crippen molar-refractivity contribution < 1.29 is 29.0 Å². The fourth-order valence-corrected chi connectivity index (χ4v) is 8.35. The van der Waals surface area contributed by atoms with E-state index < -0.39 is 5.60 Å². The number of nitrogens with zero attached hydrogens (tertiary/aromatic N) is 1. The lowest BCUT2D eigenvalue weighted by molar-refractivity contribution is -0.218. The van der Waals surface area contributed by atoms with Gasteiger partial charge in [0, 0.05) is 48.3 Å². The maximum absolute atomic E-state index is 13.2. The fourth-order valence-electron chi connectivity index (χ4n) is 8.35. The molecule has 0 bridgehead atoms. The number of esters is 1. The van der Waals surface area contributed by atoms with Crippen molar-refractivity contribution in [2.75, 3.05) is 6.54 Å². The Morgan fingerprint density at radius 3 is 2.62 bits per heavy atom. The van der Waals surface area contributed by atoms with Crippen LogP contribution in [0.4, 0.5) is 0 Å². The van der Waals surface area contributed by atoms with E-state index in [-0.39, 0.29) is 58.7 Å². The standard InChI is InChI=1S/C29H40N2O6/c1-16-8-9-22-27(3,4)23(36-17(2)32)10-11-28(22,5)29(16)14-19-21(33)13-18-20(25(19)37-29)15-31(26(18)35)12-6-7-24(30)34/h13,16,22-23,33H,6-12,14-15H2,1-5H3,(H2,30,34). The predicted molar refractivity (Wildman–Crippen MR) is 137 cm³/mol. The number of fused-ring (bicyclic) bond motifs is 5. The Balaban J connectivity index is 1.49. The van der Waals surface area contributed by atoms with Crippen LogP contribution in [0, 0.1) is 22.7 Å². The van der Waals surface area contributed by atoms with Gasteiger partial charge < -0.3 is 25.2 Å². The molecule has 1 aromatic carbocycles. The number of amides is 2. The first kappa shape index (κ1) is 25.9. The maximum Gasteiger partial charge on any atom is 0.302 e. The Labute approximate surface area is 218 Å². The number of aromatic hydroxyl groups is 1. The van der Waals surface area contributed by atoms with Crippen LogP contribution in [0.1, 0.15) is 94.6 Å². The summed E-state index contributed by atoms with van der Waals surface area (Å²) in [5.41, 5.74) is 6.44. The van der Waals surface area contributed by atoms with Crippen LogP contribution in [0.25, 0.3) is 0 Å². The minimum atomic E-state index is -0.522. The molecule has 2 fully saturated rings. The van der Waals surface area contributed by atoms with Crippen molar-refractivity contribution >= 4 is 17.8 Å². The number of primary amides is 1. The van der Waals surface area contributed by atoms with Crippen molar-refractivity contribution in [1.29, 1.82) is 0 Å². The number of rotatable bonds is 5. The zero-order chi connectivity index (χ0) is 26.9. The summed E-state index contributed by atoms with van der Waals surface area (Å²) >= 11 is 0. The average molecular weight is 513 g/mol. The molecule has 202 valence electrons. The molecule has 1 spiro atoms. The monoisotopic (exact) mass is 512 g/mol. The van der Waals surface area contributed by atoms with Crippen molar-refractivity contribution in [2.45, 2.75) is 97.8 Å². The Hall–Kier alpha value is -2.77. The van der Waals surface area contributed by atoms with E-state index in [0.29, 0.717) is 37.2 Å². The van der Waals surface area contributed by atoms with Crippen LogP contribution in [-0.2, 0) is 27.3 Å². The van der Waals surface area contributed by atoms with Gasteiger partial charge >= 0.3 is 5.97 Å². The Morgan fingerprint density at radius 2 is 1.95 bits per heavy atom. The molecule has 8 heteroatoms. The Kier molecular flexibility index (Phi) is 6.03. The molecule has 2 saturated carbocycles. The molecular formula is C29H40N2O6. The molecule has 2 aliphatic carbocycles. The number of phenolic OH excluding ortho intramolecular Hbond substituents is 1. The molecule has 3 N–H and O–H groups in total. The second kappa shape index (κ2) is 8.63. The van der Waals surface area contributed by atoms with Gasteiger partial charge in [-0.05, 0) is 50.0 Å². The summed E-state index contributed by atoms with van der Waals surface area (Å²) in [7, 11) is 0. The van der Waals surface area contributed by atoms with Crippen molar-refractivity contribution in [3.63, 3.8) is 0 Å². The van der Waals surface area contributed by atoms with Gasteiger partial charge in [-0.2, -0.15) is 0 Å². The Bertz CT molecular complexity index is 1160. The van der Waals surface area contributed by atoms with Gasteiger partial charge in [-0.3, -0.25) is 14.4 Å². The van der Waals surface area contributed by atoms with Gasteiger partial charge in [-0.1, -0.05) is 27.7 Å². The lowest BCUT2D eigenvalue weighted by Gasteiger charge is -2.64. The molecule has 5 atom stereocenters. The van der Waals surface area contributed by atoms with Crippen molar-refractivity contribution in [3.8, 4) is 11.5 Å². The molecule has 2 aliphatic heterocycles. The van der Waals surface area contributed by atoms with Crippen LogP contribution in [0.2, 0.25) is 0 Å². The van der Waals surface area contributed by atoms with Gasteiger partial charge in [0.15, 0.2) is 0 Å². The summed E-state index contributed by atoms with van der Waals surface area (Å²) in [6.07, 6.45) is 4.82. The summed E-state index contributed by atoms with van der Waals surface area (Å²) in [4.78, 5) is 37.9. The van der Waals surface area contributed by atoms with E-state index in [0.717, 1.165) is 36.8 Å². The Morgan fingerprint density at radius 1 is 1.22 bits per heavy atom. The van der Waals surface area contributed by atoms with Crippen LogP contribution in [0.5, 0.6) is 11.5 Å². The summed E-state index contributed by atoms with van der Waals surface area (Å²) in [5.74, 6) is 0.528. The molecule has 2 amide bonds. The van der Waals surface area contributed by atoms with Crippen LogP contribution < -0.4 is 10.5 Å². The summed E-state index contributed by atoms with van der Waals surface area (Å²) in [6, 6.07) is 1.60. The number of carbonyl (C=O) groups excluding carboxylic acids is 3. The molecule has 0 saturated heterocycles. The third kappa shape index (κ3) is 3.73. The highest BCUT2D eigenvalue weighted by Crippen LogP contribution is 2.67. The number of hydrogen-bond acceptors (Lipinski definition) is 6. The minimum Gasteiger partial charge on any atom is -0.508 e. The summed E-state index contributed by atoms with van der Waals surface area (Å²) < 4.78 is 12.9. The van der Waals surface area contributed by atoms with E-state index in [1.165, 1.54) is 6.92 Å². The predicted octanol–water partition coefficient (Wildman–Crippen LogP) is 4.09. The number of hydrogen-bond donors (Lipinski definition) is 2. The zero-order valence-electron chi connectivity index (χ0n) is 22.7. The molecular weight excluding hydrogens is 472 g/mol. The maximum atomic E-state index is 13.2. The van der Waals surface area contributed by atoms with E-state index in [9.17, 15) is 19.5 Å². The van der Waals surface area contributed by atoms with Crippen LogP contribution in [-0.4, -0.2) is 46.0 Å². The summed E-state index contributed by atoms with van der Waals surface area (Å²) in [5, 5.41) is 11.1. The van der Waals surface area contributed by atoms with E-state index >= 15 is 0 Å². The number of phenols is 1. The van der Waals surface area contributed by atoms with Gasteiger partial charge in [0.2, 0.25) is 5.91 Å². The first-order chi connectivity index (χ1) is 17.3. The quantitative estimate of drug-likeness (QED) is 0.574. The average Bonchev–Trinajstić information content (AvgIpc) is 3.35. The molecule has 2 heterocycles. The molecule has 5 unspecified atom stereocenters. The molecule has 0 aromatic heterocycles. The highest BCUT2D eigenvalue weighted by Gasteiger charge is 2.67. The van der Waals surface area contributed by atoms with Crippen molar-refractivity contribution in [1.82, 2.24) is 4.90 Å². The molecule has 8 nitrogen and oxygen atoms in total. The SMILES string of the molecule is CC(=O)OC1CCC2(C)C(CCC(C)C23Cc2c(O)cc4c(c2O3)CN(CCCC(N)=O)C4=O)C1(C)C. The van der Waals surface area contributed by atoms with E-state index in [4.69, 9.17) is 15.2 Å². The zero-order valence-corrected chi connectivity index (χ0v) is 22.7. The van der Waals surface area contributed by atoms with Gasteiger partial charge in [0.05, 0.1) is 12.1 Å². The first-order valence-corrected chi connectivity index (χ1v) is 13.6. The lowest BCUT2D eigenvalue weighted by Crippen LogP contribution is -2.67. The third-order valence-corrected chi connectivity index (χ3v) is 10.3. The molecule has 0 radical (unpaired) electrons. The van der Waals surface area contributed by atoms with E-state index in [1.807, 2.05) is 0 Å². The van der Waals surface area contributed by atoms with Gasteiger partial charge in [0.1, 0.15) is 23.2 Å². The number of ether oxygens (including phenoxy) is 2. The van der Waals surface area contributed by atoms with Crippen LogP contribution >= 0.6 is 0 Å². The van der Waals surface area contributed by atoms with Crippen molar-refractivity contribution in [3.05, 3.63) is 22.8 Å². The molecule has 5 rings (SSSR count). The van der Waals surface area contributed by atoms with Crippen LogP contribution in [0.3, 0.4) is 0 Å². The fraction of sp³-hybridized carbons (Fsp3) is 0.690. The third-order valence-electron chi connectivity index (χ3n) is 10.3. The number of carbonyl (C=O) groups is 3. The molecule has 4 aliphatic rings. The largest absolute Gasteiger partial charge is 0.508 e. The molecule has 1 aromatic rings. The first-order valence-electron chi connectivity index (χ1n) is 13.6. The van der Waals surface area contributed by atoms with E-state index in [1.54, 1.807) is 11.0 Å². The highest BCUT2D eigenvalue weighted by molar-refractivity contribution is 6.00. The van der Waals surface area contributed by atoms with Crippen LogP contribution in [0.15, 0.2) is 6.07 Å².